The molecule has 6 heteroatoms. The van der Waals surface area contributed by atoms with Crippen LogP contribution >= 0.6 is 11.6 Å². The summed E-state index contributed by atoms with van der Waals surface area (Å²) in [7, 11) is 2.16. The van der Waals surface area contributed by atoms with Gasteiger partial charge in [0.1, 0.15) is 5.82 Å². The van der Waals surface area contributed by atoms with E-state index in [-0.39, 0.29) is 0 Å². The number of hydrogen-bond donors (Lipinski definition) is 1. The maximum Gasteiger partial charge on any atom is 0.163 e. The fourth-order valence-corrected chi connectivity index (χ4v) is 3.53. The van der Waals surface area contributed by atoms with Crippen molar-refractivity contribution >= 4 is 17.4 Å². The lowest BCUT2D eigenvalue weighted by molar-refractivity contribution is 0.261. The van der Waals surface area contributed by atoms with Crippen molar-refractivity contribution in [2.75, 3.05) is 25.5 Å². The molecule has 1 fully saturated rings. The van der Waals surface area contributed by atoms with Gasteiger partial charge in [-0.05, 0) is 50.7 Å². The Kier molecular flexibility index (Phi) is 5.32. The van der Waals surface area contributed by atoms with E-state index >= 15 is 0 Å². The summed E-state index contributed by atoms with van der Waals surface area (Å²) in [5.74, 6) is 1.51. The molecule has 0 spiro atoms. The lowest BCUT2D eigenvalue weighted by atomic mass is 10.1. The number of anilines is 1. The molecular formula is C21H22ClN5. The summed E-state index contributed by atoms with van der Waals surface area (Å²) in [6, 6.07) is 14.0. The number of nitrogens with one attached hydrogen (secondary N) is 1. The lowest BCUT2D eigenvalue weighted by Crippen LogP contribution is -2.39. The van der Waals surface area contributed by atoms with E-state index in [1.54, 1.807) is 12.4 Å². The van der Waals surface area contributed by atoms with Gasteiger partial charge >= 0.3 is 0 Å². The molecule has 0 aliphatic carbocycles. The van der Waals surface area contributed by atoms with Crippen LogP contribution in [-0.4, -0.2) is 46.0 Å². The van der Waals surface area contributed by atoms with E-state index < -0.39 is 0 Å². The monoisotopic (exact) mass is 379 g/mol. The molecule has 27 heavy (non-hydrogen) atoms. The molecule has 5 nitrogen and oxygen atoms in total. The van der Waals surface area contributed by atoms with E-state index in [4.69, 9.17) is 21.6 Å². The number of pyridine rings is 1. The quantitative estimate of drug-likeness (QED) is 0.729. The smallest absolute Gasteiger partial charge is 0.163 e. The second kappa shape index (κ2) is 8.03. The third kappa shape index (κ3) is 4.43. The summed E-state index contributed by atoms with van der Waals surface area (Å²) < 4.78 is 0. The number of piperidine rings is 1. The largest absolute Gasteiger partial charge is 0.366 e. The highest BCUT2D eigenvalue weighted by atomic mass is 35.5. The Hall–Kier alpha value is -2.50. The average molecular weight is 380 g/mol. The zero-order valence-corrected chi connectivity index (χ0v) is 16.0. The second-order valence-corrected chi connectivity index (χ2v) is 7.39. The average Bonchev–Trinajstić information content (AvgIpc) is 2.69. The van der Waals surface area contributed by atoms with Crippen molar-refractivity contribution in [3.63, 3.8) is 0 Å². The van der Waals surface area contributed by atoms with Crippen LogP contribution < -0.4 is 5.32 Å². The van der Waals surface area contributed by atoms with Crippen LogP contribution in [0.25, 0.3) is 22.6 Å². The van der Waals surface area contributed by atoms with Gasteiger partial charge in [-0.1, -0.05) is 23.7 Å². The van der Waals surface area contributed by atoms with Crippen molar-refractivity contribution in [1.29, 1.82) is 0 Å². The van der Waals surface area contributed by atoms with Gasteiger partial charge in [0.25, 0.3) is 0 Å². The molecule has 1 saturated heterocycles. The van der Waals surface area contributed by atoms with Crippen LogP contribution in [0.1, 0.15) is 12.8 Å². The van der Waals surface area contributed by atoms with E-state index in [1.165, 1.54) is 6.42 Å². The minimum absolute atomic E-state index is 0.387. The van der Waals surface area contributed by atoms with Crippen LogP contribution in [0.3, 0.4) is 0 Å². The first kappa shape index (κ1) is 17.9. The summed E-state index contributed by atoms with van der Waals surface area (Å²) >= 11 is 6.04. The number of benzene rings is 1. The number of likely N-dealkylation sites (N-methyl/N-ethyl adjacent to an activating group) is 1. The van der Waals surface area contributed by atoms with Crippen molar-refractivity contribution in [3.05, 3.63) is 59.9 Å². The first-order valence-electron chi connectivity index (χ1n) is 9.18. The molecule has 3 heterocycles. The van der Waals surface area contributed by atoms with Crippen LogP contribution in [-0.2, 0) is 0 Å². The summed E-state index contributed by atoms with van der Waals surface area (Å²) in [5.41, 5.74) is 2.78. The molecule has 2 aromatic heterocycles. The normalized spacial score (nSPS) is 17.6. The Morgan fingerprint density at radius 2 is 1.96 bits per heavy atom. The molecule has 4 rings (SSSR count). The Morgan fingerprint density at radius 3 is 2.70 bits per heavy atom. The first-order valence-corrected chi connectivity index (χ1v) is 9.56. The highest BCUT2D eigenvalue weighted by Gasteiger charge is 2.18. The van der Waals surface area contributed by atoms with Crippen molar-refractivity contribution in [1.82, 2.24) is 19.9 Å². The van der Waals surface area contributed by atoms with Gasteiger partial charge in [0.05, 0.1) is 5.69 Å². The Balaban J connectivity index is 1.71. The highest BCUT2D eigenvalue weighted by Crippen LogP contribution is 2.26. The number of nitrogens with zero attached hydrogens (tertiary/aromatic N) is 4. The molecular weight excluding hydrogens is 358 g/mol. The summed E-state index contributed by atoms with van der Waals surface area (Å²) in [4.78, 5) is 16.1. The van der Waals surface area contributed by atoms with Gasteiger partial charge in [0, 0.05) is 47.2 Å². The van der Waals surface area contributed by atoms with Crippen molar-refractivity contribution in [3.8, 4) is 22.6 Å². The number of aromatic nitrogens is 3. The highest BCUT2D eigenvalue weighted by molar-refractivity contribution is 6.30. The van der Waals surface area contributed by atoms with Crippen LogP contribution in [0.4, 0.5) is 5.82 Å². The van der Waals surface area contributed by atoms with Crippen LogP contribution in [0.15, 0.2) is 54.9 Å². The maximum atomic E-state index is 6.04. The topological polar surface area (TPSA) is 53.9 Å². The number of hydrogen-bond acceptors (Lipinski definition) is 5. The molecule has 138 valence electrons. The molecule has 1 N–H and O–H groups in total. The lowest BCUT2D eigenvalue weighted by Gasteiger charge is -2.30. The molecule has 3 aromatic rings. The summed E-state index contributed by atoms with van der Waals surface area (Å²) in [6.07, 6.45) is 5.88. The second-order valence-electron chi connectivity index (χ2n) is 6.96. The minimum Gasteiger partial charge on any atom is -0.366 e. The molecule has 1 aliphatic rings. The Labute approximate surface area is 164 Å². The predicted molar refractivity (Wildman–Crippen MR) is 110 cm³/mol. The maximum absolute atomic E-state index is 6.04. The molecule has 0 amide bonds. The number of halogens is 1. The first-order chi connectivity index (χ1) is 13.2. The third-order valence-electron chi connectivity index (χ3n) is 4.76. The van der Waals surface area contributed by atoms with E-state index in [0.29, 0.717) is 16.9 Å². The van der Waals surface area contributed by atoms with Gasteiger partial charge in [-0.25, -0.2) is 9.97 Å². The molecule has 1 atom stereocenters. The van der Waals surface area contributed by atoms with Crippen LogP contribution in [0.2, 0.25) is 5.02 Å². The zero-order valence-electron chi connectivity index (χ0n) is 15.3. The summed E-state index contributed by atoms with van der Waals surface area (Å²) in [6.45, 7) is 2.17. The van der Waals surface area contributed by atoms with Crippen molar-refractivity contribution < 1.29 is 0 Å². The molecule has 1 aliphatic heterocycles. The van der Waals surface area contributed by atoms with E-state index in [1.807, 2.05) is 42.5 Å². The Morgan fingerprint density at radius 1 is 1.11 bits per heavy atom. The number of likely N-dealkylation sites (tertiary alicyclic amines) is 1. The van der Waals surface area contributed by atoms with Crippen LogP contribution in [0, 0.1) is 0 Å². The fraction of sp³-hybridized carbons (Fsp3) is 0.286. The van der Waals surface area contributed by atoms with Gasteiger partial charge in [0.2, 0.25) is 0 Å². The third-order valence-corrected chi connectivity index (χ3v) is 5.01. The van der Waals surface area contributed by atoms with Gasteiger partial charge < -0.3 is 10.2 Å². The van der Waals surface area contributed by atoms with Crippen molar-refractivity contribution in [2.24, 2.45) is 0 Å². The number of rotatable bonds is 4. The van der Waals surface area contributed by atoms with Gasteiger partial charge in [-0.15, -0.1) is 0 Å². The SMILES string of the molecule is CN1CCCC(Nc2cc(-c3ccc(Cl)cc3)nc(-c3cccnc3)n2)C1. The molecule has 1 unspecified atom stereocenters. The molecule has 0 radical (unpaired) electrons. The molecule has 0 bridgehead atoms. The van der Waals surface area contributed by atoms with Crippen LogP contribution in [0.5, 0.6) is 0 Å². The molecule has 1 aromatic carbocycles. The summed E-state index contributed by atoms with van der Waals surface area (Å²) in [5, 5.41) is 4.32. The predicted octanol–water partition coefficient (Wildman–Crippen LogP) is 4.37. The standard InChI is InChI=1S/C21H22ClN5/c1-27-11-3-5-18(14-27)24-20-12-19(15-6-8-17(22)9-7-15)25-21(26-20)16-4-2-10-23-13-16/h2,4,6-10,12-13,18H,3,5,11,14H2,1H3,(H,24,25,26). The van der Waals surface area contributed by atoms with E-state index in [2.05, 4.69) is 22.2 Å². The van der Waals surface area contributed by atoms with Crippen molar-refractivity contribution in [2.45, 2.75) is 18.9 Å². The van der Waals surface area contributed by atoms with E-state index in [0.717, 1.165) is 42.1 Å². The Bertz CT molecular complexity index is 898. The minimum atomic E-state index is 0.387. The van der Waals surface area contributed by atoms with Gasteiger partial charge in [-0.3, -0.25) is 4.98 Å². The zero-order chi connectivity index (χ0) is 18.6. The van der Waals surface area contributed by atoms with Gasteiger partial charge in [0.15, 0.2) is 5.82 Å². The van der Waals surface area contributed by atoms with Gasteiger partial charge in [-0.2, -0.15) is 0 Å². The fourth-order valence-electron chi connectivity index (χ4n) is 3.41. The van der Waals surface area contributed by atoms with E-state index in [9.17, 15) is 0 Å². The molecule has 0 saturated carbocycles.